The lowest BCUT2D eigenvalue weighted by atomic mass is 10.1. The molecule has 1 N–H and O–H groups in total. The highest BCUT2D eigenvalue weighted by Crippen LogP contribution is 2.35. The summed E-state index contributed by atoms with van der Waals surface area (Å²) in [6.07, 6.45) is -4.51. The molecule has 1 aromatic carbocycles. The predicted octanol–water partition coefficient (Wildman–Crippen LogP) is 1.60. The van der Waals surface area contributed by atoms with E-state index in [9.17, 15) is 41.3 Å². The Morgan fingerprint density at radius 3 is 2.55 bits per heavy atom. The Labute approximate surface area is 175 Å². The molecule has 0 radical (unpaired) electrons. The summed E-state index contributed by atoms with van der Waals surface area (Å²) in [7, 11) is -1.83. The number of nitro benzene ring substituents is 1. The Morgan fingerprint density at radius 1 is 1.39 bits per heavy atom. The van der Waals surface area contributed by atoms with Gasteiger partial charge in [-0.1, -0.05) is 0 Å². The minimum Gasteiger partial charge on any atom is -0.454 e. The molecule has 0 bridgehead atoms. The number of hydrogen-bond donors (Lipinski definition) is 1. The number of ether oxygens (including phenoxy) is 1. The zero-order chi connectivity index (χ0) is 23.6. The minimum absolute atomic E-state index is 0.0397. The van der Waals surface area contributed by atoms with Crippen LogP contribution in [0.5, 0.6) is 0 Å². The molecule has 1 amide bonds. The first-order chi connectivity index (χ1) is 14.2. The third-order valence-corrected chi connectivity index (χ3v) is 6.49. The summed E-state index contributed by atoms with van der Waals surface area (Å²) in [6, 6.07) is 0.0437. The van der Waals surface area contributed by atoms with E-state index in [1.807, 2.05) is 0 Å². The van der Waals surface area contributed by atoms with Crippen molar-refractivity contribution in [3.63, 3.8) is 0 Å². The van der Waals surface area contributed by atoms with E-state index >= 15 is 0 Å². The van der Waals surface area contributed by atoms with Crippen LogP contribution in [0.4, 0.5) is 24.5 Å². The smallest absolute Gasteiger partial charge is 0.416 e. The molecule has 1 aliphatic heterocycles. The number of carbonyl (C=O) groups excluding carboxylic acids is 2. The molecule has 10 nitrogen and oxygen atoms in total. The normalized spacial score (nSPS) is 18.8. The van der Waals surface area contributed by atoms with Crippen LogP contribution in [0.15, 0.2) is 18.2 Å². The molecule has 1 saturated heterocycles. The molecule has 0 aliphatic carbocycles. The van der Waals surface area contributed by atoms with Crippen LogP contribution >= 0.6 is 0 Å². The van der Waals surface area contributed by atoms with Gasteiger partial charge in [-0.3, -0.25) is 14.9 Å². The fourth-order valence-corrected chi connectivity index (χ4v) is 4.69. The number of halogens is 3. The van der Waals surface area contributed by atoms with Crippen molar-refractivity contribution in [3.8, 4) is 0 Å². The predicted molar refractivity (Wildman–Crippen MR) is 102 cm³/mol. The average Bonchev–Trinajstić information content (AvgIpc) is 3.04. The van der Waals surface area contributed by atoms with Crippen molar-refractivity contribution in [3.05, 3.63) is 33.9 Å². The topological polar surface area (TPSA) is 136 Å². The van der Waals surface area contributed by atoms with Crippen LogP contribution in [0.2, 0.25) is 0 Å². The molecule has 1 fully saturated rings. The van der Waals surface area contributed by atoms with Gasteiger partial charge in [0.1, 0.15) is 11.7 Å². The largest absolute Gasteiger partial charge is 0.454 e. The molecule has 1 aliphatic rings. The molecular weight excluding hydrogens is 447 g/mol. The summed E-state index contributed by atoms with van der Waals surface area (Å²) in [6.45, 7) is 0.564. The minimum atomic E-state index is -4.78. The van der Waals surface area contributed by atoms with E-state index in [0.29, 0.717) is 12.1 Å². The number of rotatable bonds is 7. The van der Waals surface area contributed by atoms with E-state index in [1.165, 1.54) is 18.9 Å². The maximum absolute atomic E-state index is 12.8. The summed E-state index contributed by atoms with van der Waals surface area (Å²) >= 11 is 0. The van der Waals surface area contributed by atoms with Gasteiger partial charge in [0.15, 0.2) is 16.4 Å². The summed E-state index contributed by atoms with van der Waals surface area (Å²) in [5, 5.41) is 13.5. The zero-order valence-electron chi connectivity index (χ0n) is 16.5. The average molecular weight is 467 g/mol. The van der Waals surface area contributed by atoms with E-state index < -0.39 is 62.8 Å². The number of anilines is 1. The molecule has 1 aromatic rings. The maximum Gasteiger partial charge on any atom is 0.416 e. The summed E-state index contributed by atoms with van der Waals surface area (Å²) in [5.74, 6) is -1.83. The first kappa shape index (κ1) is 24.4. The van der Waals surface area contributed by atoms with Crippen LogP contribution < -0.4 is 5.32 Å². The quantitative estimate of drug-likeness (QED) is 0.363. The summed E-state index contributed by atoms with van der Waals surface area (Å²) in [4.78, 5) is 35.5. The van der Waals surface area contributed by atoms with E-state index in [1.54, 1.807) is 0 Å². The molecule has 31 heavy (non-hydrogen) atoms. The van der Waals surface area contributed by atoms with Crippen molar-refractivity contribution in [2.75, 3.05) is 30.5 Å². The lowest BCUT2D eigenvalue weighted by Crippen LogP contribution is -2.41. The zero-order valence-corrected chi connectivity index (χ0v) is 17.3. The number of benzene rings is 1. The Balaban J connectivity index is 1.98. The highest BCUT2D eigenvalue weighted by Gasteiger charge is 2.34. The Bertz CT molecular complexity index is 982. The maximum atomic E-state index is 12.8. The number of amides is 1. The third kappa shape index (κ3) is 6.29. The second-order valence-corrected chi connectivity index (χ2v) is 9.25. The van der Waals surface area contributed by atoms with E-state index in [2.05, 4.69) is 5.32 Å². The monoisotopic (exact) mass is 467 g/mol. The van der Waals surface area contributed by atoms with Gasteiger partial charge in [0.2, 0.25) is 0 Å². The van der Waals surface area contributed by atoms with Gasteiger partial charge in [0, 0.05) is 19.2 Å². The number of nitrogens with one attached hydrogen (secondary N) is 1. The molecule has 172 valence electrons. The van der Waals surface area contributed by atoms with Crippen molar-refractivity contribution in [1.29, 1.82) is 0 Å². The fourth-order valence-electron chi connectivity index (χ4n) is 2.92. The first-order valence-corrected chi connectivity index (χ1v) is 10.8. The van der Waals surface area contributed by atoms with Gasteiger partial charge in [0.05, 0.1) is 22.0 Å². The number of alkyl halides is 3. The number of nitrogens with zero attached hydrogens (tertiary/aromatic N) is 2. The number of carbonyl (C=O) groups is 2. The van der Waals surface area contributed by atoms with Crippen LogP contribution in [0, 0.1) is 10.1 Å². The second kappa shape index (κ2) is 9.08. The number of nitro groups is 1. The van der Waals surface area contributed by atoms with E-state index in [4.69, 9.17) is 4.74 Å². The number of likely N-dealkylation sites (N-methyl/N-ethyl adjacent to an activating group) is 1. The van der Waals surface area contributed by atoms with Gasteiger partial charge < -0.3 is 15.0 Å². The van der Waals surface area contributed by atoms with Gasteiger partial charge in [-0.05, 0) is 25.5 Å². The lowest BCUT2D eigenvalue weighted by molar-refractivity contribution is -0.384. The molecular formula is C17H20F3N3O7S. The molecule has 14 heteroatoms. The SMILES string of the molecule is CC(Nc1ccc(C(F)(F)F)cc1[N+](=O)[O-])C(=O)OCC(=O)N(C)C1CCS(=O)(=O)C1. The molecule has 0 saturated carbocycles. The van der Waals surface area contributed by atoms with Gasteiger partial charge >= 0.3 is 12.1 Å². The van der Waals surface area contributed by atoms with Gasteiger partial charge in [-0.25, -0.2) is 13.2 Å². The standard InChI is InChI=1S/C17H20F3N3O7S/c1-10(21-13-4-3-11(17(18,19)20)7-14(13)23(26)27)16(25)30-8-15(24)22(2)12-5-6-31(28,29)9-12/h3-4,7,10,12,21H,5-6,8-9H2,1-2H3. The molecule has 2 unspecified atom stereocenters. The van der Waals surface area contributed by atoms with Crippen molar-refractivity contribution >= 4 is 33.1 Å². The number of esters is 1. The van der Waals surface area contributed by atoms with Crippen LogP contribution in [-0.4, -0.2) is 67.4 Å². The van der Waals surface area contributed by atoms with E-state index in [-0.39, 0.29) is 23.6 Å². The highest BCUT2D eigenvalue weighted by atomic mass is 32.2. The molecule has 0 spiro atoms. The molecule has 2 rings (SSSR count). The second-order valence-electron chi connectivity index (χ2n) is 7.02. The first-order valence-electron chi connectivity index (χ1n) is 8.96. The molecule has 1 heterocycles. The highest BCUT2D eigenvalue weighted by molar-refractivity contribution is 7.91. The van der Waals surface area contributed by atoms with Gasteiger partial charge in [0.25, 0.3) is 11.6 Å². The van der Waals surface area contributed by atoms with Crippen LogP contribution in [0.1, 0.15) is 18.9 Å². The van der Waals surface area contributed by atoms with Crippen LogP contribution in [-0.2, 0) is 30.3 Å². The molecule has 2 atom stereocenters. The van der Waals surface area contributed by atoms with Gasteiger partial charge in [-0.15, -0.1) is 0 Å². The fraction of sp³-hybridized carbons (Fsp3) is 0.529. The number of sulfone groups is 1. The lowest BCUT2D eigenvalue weighted by Gasteiger charge is -2.23. The summed E-state index contributed by atoms with van der Waals surface area (Å²) < 4.78 is 66.2. The number of hydrogen-bond acceptors (Lipinski definition) is 8. The Hall–Kier alpha value is -2.90. The Kier molecular flexibility index (Phi) is 7.14. The molecule has 0 aromatic heterocycles. The van der Waals surface area contributed by atoms with Crippen LogP contribution in [0.3, 0.4) is 0 Å². The van der Waals surface area contributed by atoms with Crippen molar-refractivity contribution in [2.45, 2.75) is 31.6 Å². The Morgan fingerprint density at radius 2 is 2.03 bits per heavy atom. The third-order valence-electron chi connectivity index (χ3n) is 4.73. The van der Waals surface area contributed by atoms with Crippen molar-refractivity contribution in [1.82, 2.24) is 4.90 Å². The van der Waals surface area contributed by atoms with Crippen molar-refractivity contribution in [2.24, 2.45) is 0 Å². The van der Waals surface area contributed by atoms with Crippen molar-refractivity contribution < 1.29 is 40.8 Å². The summed E-state index contributed by atoms with van der Waals surface area (Å²) in [5.41, 5.74) is -2.43. The van der Waals surface area contributed by atoms with Crippen LogP contribution in [0.25, 0.3) is 0 Å². The van der Waals surface area contributed by atoms with Gasteiger partial charge in [-0.2, -0.15) is 13.2 Å². The van der Waals surface area contributed by atoms with E-state index in [0.717, 1.165) is 6.07 Å².